The lowest BCUT2D eigenvalue weighted by atomic mass is 10.0. The molecular weight excluding hydrogens is 346 g/mol. The number of carbonyl (C=O) groups excluding carboxylic acids is 2. The molecule has 9 nitrogen and oxygen atoms in total. The SMILES string of the molecule is CCC1C(=O)Nc2cnc(-n3cnc(C(=O)NC)c3)nc2N1C1CCCC1. The summed E-state index contributed by atoms with van der Waals surface area (Å²) in [5.74, 6) is 0.898. The van der Waals surface area contributed by atoms with E-state index in [1.807, 2.05) is 6.92 Å². The predicted octanol–water partition coefficient (Wildman–Crippen LogP) is 1.50. The van der Waals surface area contributed by atoms with Crippen LogP contribution in [-0.4, -0.2) is 50.5 Å². The van der Waals surface area contributed by atoms with Crippen molar-refractivity contribution in [1.29, 1.82) is 0 Å². The van der Waals surface area contributed by atoms with E-state index in [9.17, 15) is 9.59 Å². The molecule has 0 bridgehead atoms. The number of rotatable bonds is 4. The van der Waals surface area contributed by atoms with E-state index in [2.05, 4.69) is 25.5 Å². The third-order valence-corrected chi connectivity index (χ3v) is 5.27. The first-order chi connectivity index (χ1) is 13.1. The molecule has 1 aliphatic carbocycles. The van der Waals surface area contributed by atoms with Gasteiger partial charge in [0.05, 0.1) is 6.20 Å². The highest BCUT2D eigenvalue weighted by molar-refractivity contribution is 6.02. The Bertz CT molecular complexity index is 872. The van der Waals surface area contributed by atoms with E-state index in [4.69, 9.17) is 4.98 Å². The van der Waals surface area contributed by atoms with E-state index < -0.39 is 0 Å². The van der Waals surface area contributed by atoms with E-state index >= 15 is 0 Å². The van der Waals surface area contributed by atoms with Crippen LogP contribution in [0.2, 0.25) is 0 Å². The maximum absolute atomic E-state index is 12.6. The van der Waals surface area contributed by atoms with E-state index in [0.29, 0.717) is 29.8 Å². The van der Waals surface area contributed by atoms with Crippen molar-refractivity contribution in [2.75, 3.05) is 17.3 Å². The van der Waals surface area contributed by atoms with Crippen LogP contribution in [0.1, 0.15) is 49.5 Å². The molecule has 2 aromatic rings. The highest BCUT2D eigenvalue weighted by Crippen LogP contribution is 2.37. The first-order valence-corrected chi connectivity index (χ1v) is 9.35. The maximum atomic E-state index is 12.6. The molecule has 1 unspecified atom stereocenters. The number of nitrogens with zero attached hydrogens (tertiary/aromatic N) is 5. The number of carbonyl (C=O) groups is 2. The second-order valence-electron chi connectivity index (χ2n) is 6.91. The number of amides is 2. The molecule has 1 atom stereocenters. The lowest BCUT2D eigenvalue weighted by molar-refractivity contribution is -0.117. The lowest BCUT2D eigenvalue weighted by Gasteiger charge is -2.40. The van der Waals surface area contributed by atoms with Crippen LogP contribution < -0.4 is 15.5 Å². The fraction of sp³-hybridized carbons (Fsp3) is 0.500. The van der Waals surface area contributed by atoms with Crippen molar-refractivity contribution < 1.29 is 9.59 Å². The molecule has 1 aliphatic heterocycles. The second kappa shape index (κ2) is 6.98. The summed E-state index contributed by atoms with van der Waals surface area (Å²) in [5.41, 5.74) is 0.929. The van der Waals surface area contributed by atoms with Crippen molar-refractivity contribution in [3.63, 3.8) is 0 Å². The van der Waals surface area contributed by atoms with Gasteiger partial charge in [-0.05, 0) is 19.3 Å². The van der Waals surface area contributed by atoms with Gasteiger partial charge in [-0.3, -0.25) is 14.2 Å². The minimum atomic E-state index is -0.266. The maximum Gasteiger partial charge on any atom is 0.271 e. The van der Waals surface area contributed by atoms with Crippen molar-refractivity contribution in [3.05, 3.63) is 24.4 Å². The summed E-state index contributed by atoms with van der Waals surface area (Å²) in [6, 6.07) is 0.0827. The molecular formula is C18H23N7O2. The number of hydrogen-bond acceptors (Lipinski definition) is 6. The van der Waals surface area contributed by atoms with E-state index in [-0.39, 0.29) is 17.9 Å². The number of imidazole rings is 1. The van der Waals surface area contributed by atoms with Gasteiger partial charge in [-0.2, -0.15) is 4.98 Å². The average molecular weight is 369 g/mol. The molecule has 2 N–H and O–H groups in total. The zero-order valence-corrected chi connectivity index (χ0v) is 15.5. The Morgan fingerprint density at radius 2 is 2.11 bits per heavy atom. The molecule has 142 valence electrons. The molecule has 2 amide bonds. The number of fused-ring (bicyclic) bond motifs is 1. The Morgan fingerprint density at radius 1 is 1.33 bits per heavy atom. The number of aromatic nitrogens is 4. The quantitative estimate of drug-likeness (QED) is 0.846. The molecule has 0 radical (unpaired) electrons. The van der Waals surface area contributed by atoms with Crippen molar-refractivity contribution in [3.8, 4) is 5.95 Å². The highest BCUT2D eigenvalue weighted by atomic mass is 16.2. The van der Waals surface area contributed by atoms with Crippen LogP contribution in [0.5, 0.6) is 0 Å². The summed E-state index contributed by atoms with van der Waals surface area (Å²) in [5, 5.41) is 5.48. The Labute approximate surface area is 157 Å². The zero-order chi connectivity index (χ0) is 19.0. The van der Waals surface area contributed by atoms with Crippen LogP contribution in [0.3, 0.4) is 0 Å². The number of anilines is 2. The molecule has 9 heteroatoms. The molecule has 2 aliphatic rings. The van der Waals surface area contributed by atoms with Gasteiger partial charge >= 0.3 is 0 Å². The monoisotopic (exact) mass is 369 g/mol. The summed E-state index contributed by atoms with van der Waals surface area (Å²) in [7, 11) is 1.56. The van der Waals surface area contributed by atoms with Gasteiger partial charge in [-0.25, -0.2) is 9.97 Å². The van der Waals surface area contributed by atoms with Crippen LogP contribution in [-0.2, 0) is 4.79 Å². The fourth-order valence-electron chi connectivity index (χ4n) is 3.93. The smallest absolute Gasteiger partial charge is 0.271 e. The predicted molar refractivity (Wildman–Crippen MR) is 100.0 cm³/mol. The van der Waals surface area contributed by atoms with Crippen LogP contribution in [0.25, 0.3) is 5.95 Å². The largest absolute Gasteiger partial charge is 0.354 e. The Kier molecular flexibility index (Phi) is 4.51. The van der Waals surface area contributed by atoms with Gasteiger partial charge in [0.15, 0.2) is 5.82 Å². The summed E-state index contributed by atoms with van der Waals surface area (Å²) in [6.45, 7) is 2.02. The van der Waals surface area contributed by atoms with Gasteiger partial charge in [-0.15, -0.1) is 0 Å². The molecule has 3 heterocycles. The van der Waals surface area contributed by atoms with Gasteiger partial charge in [0, 0.05) is 19.3 Å². The lowest BCUT2D eigenvalue weighted by Crippen LogP contribution is -2.52. The van der Waals surface area contributed by atoms with E-state index in [1.54, 1.807) is 24.0 Å². The Balaban J connectivity index is 1.74. The minimum absolute atomic E-state index is 0.00205. The molecule has 4 rings (SSSR count). The van der Waals surface area contributed by atoms with Crippen molar-refractivity contribution in [2.24, 2.45) is 0 Å². The van der Waals surface area contributed by atoms with Gasteiger partial charge in [0.2, 0.25) is 11.9 Å². The first-order valence-electron chi connectivity index (χ1n) is 9.35. The fourth-order valence-corrected chi connectivity index (χ4v) is 3.93. The Hall–Kier alpha value is -2.97. The molecule has 27 heavy (non-hydrogen) atoms. The summed E-state index contributed by atoms with van der Waals surface area (Å²) >= 11 is 0. The molecule has 1 fully saturated rings. The first kappa shape index (κ1) is 17.4. The molecule has 0 spiro atoms. The summed E-state index contributed by atoms with van der Waals surface area (Å²) in [4.78, 5) is 39.7. The van der Waals surface area contributed by atoms with Crippen molar-refractivity contribution >= 4 is 23.3 Å². The van der Waals surface area contributed by atoms with Gasteiger partial charge in [-0.1, -0.05) is 19.8 Å². The molecule has 0 aromatic carbocycles. The Morgan fingerprint density at radius 3 is 2.81 bits per heavy atom. The molecule has 1 saturated carbocycles. The third kappa shape index (κ3) is 3.02. The van der Waals surface area contributed by atoms with Gasteiger partial charge in [0.1, 0.15) is 23.8 Å². The normalized spacial score (nSPS) is 19.7. The van der Waals surface area contributed by atoms with E-state index in [0.717, 1.165) is 18.7 Å². The van der Waals surface area contributed by atoms with E-state index in [1.165, 1.54) is 19.2 Å². The highest BCUT2D eigenvalue weighted by Gasteiger charge is 2.38. The number of hydrogen-bond donors (Lipinski definition) is 2. The third-order valence-electron chi connectivity index (χ3n) is 5.27. The van der Waals surface area contributed by atoms with Crippen molar-refractivity contribution in [2.45, 2.75) is 51.1 Å². The van der Waals surface area contributed by atoms with Crippen LogP contribution >= 0.6 is 0 Å². The van der Waals surface area contributed by atoms with Crippen LogP contribution in [0.4, 0.5) is 11.5 Å². The second-order valence-corrected chi connectivity index (χ2v) is 6.91. The summed E-state index contributed by atoms with van der Waals surface area (Å²) in [6.07, 6.45) is 9.93. The van der Waals surface area contributed by atoms with Crippen LogP contribution in [0, 0.1) is 0 Å². The van der Waals surface area contributed by atoms with Crippen LogP contribution in [0.15, 0.2) is 18.7 Å². The van der Waals surface area contributed by atoms with Crippen molar-refractivity contribution in [1.82, 2.24) is 24.8 Å². The minimum Gasteiger partial charge on any atom is -0.354 e. The number of nitrogens with one attached hydrogen (secondary N) is 2. The summed E-state index contributed by atoms with van der Waals surface area (Å²) < 4.78 is 1.62. The zero-order valence-electron chi connectivity index (χ0n) is 15.5. The standard InChI is InChI=1S/C18H23N7O2/c1-3-14-17(27)22-12-8-20-18(24-9-13(21-10-24)16(26)19-2)23-15(12)25(14)11-6-4-5-7-11/h8-11,14H,3-7H2,1-2H3,(H,19,26)(H,22,27). The average Bonchev–Trinajstić information content (AvgIpc) is 3.38. The van der Waals surface area contributed by atoms with Gasteiger partial charge in [0.25, 0.3) is 5.91 Å². The molecule has 0 saturated heterocycles. The van der Waals surface area contributed by atoms with Gasteiger partial charge < -0.3 is 15.5 Å². The topological polar surface area (TPSA) is 105 Å². The molecule has 2 aromatic heterocycles.